The first kappa shape index (κ1) is 12.6. The maximum absolute atomic E-state index is 11.7. The molecule has 0 bridgehead atoms. The highest BCUT2D eigenvalue weighted by molar-refractivity contribution is 7.89. The van der Waals surface area contributed by atoms with E-state index in [0.717, 1.165) is 5.56 Å². The summed E-state index contributed by atoms with van der Waals surface area (Å²) in [7, 11) is -3.49. The molecule has 2 rings (SSSR count). The third-order valence-electron chi connectivity index (χ3n) is 2.45. The molecule has 7 heteroatoms. The van der Waals surface area contributed by atoms with Gasteiger partial charge in [0.25, 0.3) is 10.0 Å². The van der Waals surface area contributed by atoms with Gasteiger partial charge in [0.2, 0.25) is 0 Å². The van der Waals surface area contributed by atoms with E-state index in [2.05, 4.69) is 14.7 Å². The Balaban J connectivity index is 1.91. The molecule has 18 heavy (non-hydrogen) atoms. The van der Waals surface area contributed by atoms with Gasteiger partial charge in [0, 0.05) is 12.2 Å². The van der Waals surface area contributed by atoms with Gasteiger partial charge in [0.1, 0.15) is 0 Å². The number of nitrogens with one attached hydrogen (secondary N) is 2. The number of imidazole rings is 1. The summed E-state index contributed by atoms with van der Waals surface area (Å²) < 4.78 is 26.0. The van der Waals surface area contributed by atoms with Crippen LogP contribution in [0.4, 0.5) is 5.69 Å². The number of hydrogen-bond acceptors (Lipinski definition) is 4. The highest BCUT2D eigenvalue weighted by Crippen LogP contribution is 2.06. The number of nitrogens with zero attached hydrogens (tertiary/aromatic N) is 1. The highest BCUT2D eigenvalue weighted by atomic mass is 32.2. The smallest absolute Gasteiger partial charge is 0.257 e. The Labute approximate surface area is 105 Å². The van der Waals surface area contributed by atoms with Gasteiger partial charge in [0.15, 0.2) is 5.03 Å². The van der Waals surface area contributed by atoms with E-state index in [1.165, 1.54) is 12.5 Å². The van der Waals surface area contributed by atoms with E-state index < -0.39 is 10.0 Å². The zero-order chi connectivity index (χ0) is 13.0. The van der Waals surface area contributed by atoms with Crippen LogP contribution in [0.25, 0.3) is 0 Å². The first-order chi connectivity index (χ1) is 8.58. The number of benzene rings is 1. The van der Waals surface area contributed by atoms with Crippen LogP contribution in [0.3, 0.4) is 0 Å². The molecule has 2 aromatic rings. The highest BCUT2D eigenvalue weighted by Gasteiger charge is 2.14. The number of sulfonamides is 1. The quantitative estimate of drug-likeness (QED) is 0.686. The molecule has 4 N–H and O–H groups in total. The summed E-state index contributed by atoms with van der Waals surface area (Å²) in [5.41, 5.74) is 7.28. The van der Waals surface area contributed by atoms with Crippen LogP contribution in [0.5, 0.6) is 0 Å². The minimum atomic E-state index is -3.49. The van der Waals surface area contributed by atoms with Gasteiger partial charge in [-0.25, -0.2) is 18.1 Å². The number of hydrogen-bond donors (Lipinski definition) is 3. The van der Waals surface area contributed by atoms with Crippen LogP contribution in [0.1, 0.15) is 5.56 Å². The molecule has 1 aromatic heterocycles. The Morgan fingerprint density at radius 1 is 1.28 bits per heavy atom. The number of H-pyrrole nitrogens is 1. The molecule has 0 saturated carbocycles. The number of nitrogen functional groups attached to an aromatic ring is 1. The SMILES string of the molecule is Nc1ccc(CCNS(=O)(=O)c2cnc[nH]2)cc1. The summed E-state index contributed by atoms with van der Waals surface area (Å²) in [6.07, 6.45) is 3.20. The molecule has 0 unspecified atom stereocenters. The number of rotatable bonds is 5. The predicted octanol–water partition coefficient (Wildman–Crippen LogP) is 0.513. The monoisotopic (exact) mass is 266 g/mol. The fourth-order valence-electron chi connectivity index (χ4n) is 1.48. The topological polar surface area (TPSA) is 101 Å². The molecule has 96 valence electrons. The first-order valence-electron chi connectivity index (χ1n) is 5.40. The van der Waals surface area contributed by atoms with Crippen molar-refractivity contribution in [2.45, 2.75) is 11.4 Å². The van der Waals surface area contributed by atoms with Crippen LogP contribution in [0.15, 0.2) is 41.8 Å². The van der Waals surface area contributed by atoms with Crippen molar-refractivity contribution in [2.75, 3.05) is 12.3 Å². The zero-order valence-corrected chi connectivity index (χ0v) is 10.4. The number of anilines is 1. The largest absolute Gasteiger partial charge is 0.399 e. The number of aromatic amines is 1. The second-order valence-corrected chi connectivity index (χ2v) is 5.54. The van der Waals surface area contributed by atoms with E-state index in [9.17, 15) is 8.42 Å². The van der Waals surface area contributed by atoms with Gasteiger partial charge in [-0.05, 0) is 24.1 Å². The van der Waals surface area contributed by atoms with Crippen molar-refractivity contribution in [3.05, 3.63) is 42.4 Å². The lowest BCUT2D eigenvalue weighted by atomic mass is 10.1. The molecule has 6 nitrogen and oxygen atoms in total. The van der Waals surface area contributed by atoms with Crippen molar-refractivity contribution in [1.29, 1.82) is 0 Å². The fourth-order valence-corrected chi connectivity index (χ4v) is 2.42. The fraction of sp³-hybridized carbons (Fsp3) is 0.182. The van der Waals surface area contributed by atoms with Gasteiger partial charge < -0.3 is 10.7 Å². The molecule has 0 spiro atoms. The Morgan fingerprint density at radius 2 is 2.00 bits per heavy atom. The van der Waals surface area contributed by atoms with Gasteiger partial charge in [0.05, 0.1) is 12.5 Å². The molecule has 0 atom stereocenters. The minimum Gasteiger partial charge on any atom is -0.399 e. The Hall–Kier alpha value is -1.86. The summed E-state index contributed by atoms with van der Waals surface area (Å²) in [5, 5.41) is 0.0693. The minimum absolute atomic E-state index is 0.0693. The van der Waals surface area contributed by atoms with Gasteiger partial charge in [-0.3, -0.25) is 0 Å². The van der Waals surface area contributed by atoms with Crippen LogP contribution < -0.4 is 10.5 Å². The maximum atomic E-state index is 11.7. The summed E-state index contributed by atoms with van der Waals surface area (Å²) in [4.78, 5) is 6.23. The Bertz CT molecular complexity index is 590. The van der Waals surface area contributed by atoms with Crippen LogP contribution in [-0.4, -0.2) is 24.9 Å². The molecular formula is C11H14N4O2S. The second kappa shape index (κ2) is 5.19. The van der Waals surface area contributed by atoms with E-state index in [0.29, 0.717) is 18.7 Å². The van der Waals surface area contributed by atoms with E-state index in [1.807, 2.05) is 12.1 Å². The lowest BCUT2D eigenvalue weighted by Crippen LogP contribution is -2.26. The summed E-state index contributed by atoms with van der Waals surface area (Å²) in [5.74, 6) is 0. The van der Waals surface area contributed by atoms with E-state index in [-0.39, 0.29) is 5.03 Å². The van der Waals surface area contributed by atoms with E-state index >= 15 is 0 Å². The zero-order valence-electron chi connectivity index (χ0n) is 9.63. The second-order valence-electron chi connectivity index (χ2n) is 3.81. The molecule has 0 aliphatic carbocycles. The predicted molar refractivity (Wildman–Crippen MR) is 68.3 cm³/mol. The third kappa shape index (κ3) is 3.08. The molecule has 0 saturated heterocycles. The van der Waals surface area contributed by atoms with Crippen LogP contribution in [0, 0.1) is 0 Å². The molecule has 0 radical (unpaired) electrons. The van der Waals surface area contributed by atoms with Crippen molar-refractivity contribution in [2.24, 2.45) is 0 Å². The van der Waals surface area contributed by atoms with Crippen molar-refractivity contribution >= 4 is 15.7 Å². The van der Waals surface area contributed by atoms with Crippen molar-refractivity contribution in [1.82, 2.24) is 14.7 Å². The van der Waals surface area contributed by atoms with Gasteiger partial charge in [-0.2, -0.15) is 0 Å². The molecule has 1 aromatic carbocycles. The lowest BCUT2D eigenvalue weighted by molar-refractivity contribution is 0.578. The molecule has 0 aliphatic rings. The van der Waals surface area contributed by atoms with Gasteiger partial charge in [-0.15, -0.1) is 0 Å². The van der Waals surface area contributed by atoms with Crippen molar-refractivity contribution < 1.29 is 8.42 Å². The molecule has 1 heterocycles. The van der Waals surface area contributed by atoms with Crippen molar-refractivity contribution in [3.63, 3.8) is 0 Å². The Morgan fingerprint density at radius 3 is 2.61 bits per heavy atom. The van der Waals surface area contributed by atoms with Crippen LogP contribution in [0.2, 0.25) is 0 Å². The van der Waals surface area contributed by atoms with Crippen molar-refractivity contribution in [3.8, 4) is 0 Å². The molecular weight excluding hydrogens is 252 g/mol. The van der Waals surface area contributed by atoms with E-state index in [1.54, 1.807) is 12.1 Å². The standard InChI is InChI=1S/C11H14N4O2S/c12-10-3-1-9(2-4-10)5-6-15-18(16,17)11-7-13-8-14-11/h1-4,7-8,15H,5-6,12H2,(H,13,14). The van der Waals surface area contributed by atoms with Gasteiger partial charge in [-0.1, -0.05) is 12.1 Å². The molecule has 0 aliphatic heterocycles. The van der Waals surface area contributed by atoms with Gasteiger partial charge >= 0.3 is 0 Å². The Kier molecular flexibility index (Phi) is 3.63. The van der Waals surface area contributed by atoms with Crippen LogP contribution in [-0.2, 0) is 16.4 Å². The van der Waals surface area contributed by atoms with Crippen LogP contribution >= 0.6 is 0 Å². The average molecular weight is 266 g/mol. The average Bonchev–Trinajstić information content (AvgIpc) is 2.86. The normalized spacial score (nSPS) is 11.6. The maximum Gasteiger partial charge on any atom is 0.257 e. The van der Waals surface area contributed by atoms with E-state index in [4.69, 9.17) is 5.73 Å². The molecule has 0 amide bonds. The molecule has 0 fully saturated rings. The first-order valence-corrected chi connectivity index (χ1v) is 6.89. The number of aromatic nitrogens is 2. The third-order valence-corrected chi connectivity index (χ3v) is 3.83. The summed E-state index contributed by atoms with van der Waals surface area (Å²) in [6, 6.07) is 7.33. The summed E-state index contributed by atoms with van der Waals surface area (Å²) in [6.45, 7) is 0.325. The number of nitrogens with two attached hydrogens (primary N) is 1. The lowest BCUT2D eigenvalue weighted by Gasteiger charge is -2.05. The summed E-state index contributed by atoms with van der Waals surface area (Å²) >= 11 is 0.